The highest BCUT2D eigenvalue weighted by Gasteiger charge is 2.23. The second-order valence-corrected chi connectivity index (χ2v) is 10.3. The molecule has 1 saturated heterocycles. The molecule has 2 aromatic heterocycles. The van der Waals surface area contributed by atoms with Gasteiger partial charge in [-0.3, -0.25) is 9.69 Å². The molecular weight excluding hydrogens is 502 g/mol. The minimum atomic E-state index is 0.113. The maximum atomic E-state index is 12.1. The zero-order chi connectivity index (χ0) is 26.8. The first kappa shape index (κ1) is 25.9. The first-order valence-electron chi connectivity index (χ1n) is 12.7. The van der Waals surface area contributed by atoms with Crippen LogP contribution >= 0.6 is 11.6 Å². The zero-order valence-corrected chi connectivity index (χ0v) is 22.9. The molecule has 9 nitrogen and oxygen atoms in total. The Morgan fingerprint density at radius 3 is 2.55 bits per heavy atom. The van der Waals surface area contributed by atoms with Crippen LogP contribution in [0.2, 0.25) is 5.02 Å². The van der Waals surface area contributed by atoms with Crippen LogP contribution in [0.25, 0.3) is 22.0 Å². The van der Waals surface area contributed by atoms with Crippen LogP contribution in [0.5, 0.6) is 0 Å². The van der Waals surface area contributed by atoms with Crippen LogP contribution in [0.1, 0.15) is 17.0 Å². The number of amides is 1. The molecule has 0 unspecified atom stereocenters. The van der Waals surface area contributed by atoms with E-state index in [1.54, 1.807) is 19.0 Å². The summed E-state index contributed by atoms with van der Waals surface area (Å²) < 4.78 is 5.41. The lowest BCUT2D eigenvalue weighted by Crippen LogP contribution is -2.49. The van der Waals surface area contributed by atoms with Crippen molar-refractivity contribution in [3.05, 3.63) is 64.5 Å². The molecule has 4 aromatic rings. The van der Waals surface area contributed by atoms with Gasteiger partial charge in [-0.1, -0.05) is 35.0 Å². The number of benzene rings is 2. The largest absolute Gasteiger partial charge is 0.365 e. The summed E-state index contributed by atoms with van der Waals surface area (Å²) in [5.41, 5.74) is 4.75. The summed E-state index contributed by atoms with van der Waals surface area (Å²) in [5.74, 6) is 2.32. The van der Waals surface area contributed by atoms with Crippen LogP contribution < -0.4 is 10.2 Å². The monoisotopic (exact) mass is 533 g/mol. The fourth-order valence-electron chi connectivity index (χ4n) is 4.71. The first-order valence-corrected chi connectivity index (χ1v) is 13.1. The van der Waals surface area contributed by atoms with E-state index in [-0.39, 0.29) is 5.91 Å². The molecule has 0 spiro atoms. The van der Waals surface area contributed by atoms with Gasteiger partial charge in [0, 0.05) is 62.8 Å². The average Bonchev–Trinajstić information content (AvgIpc) is 3.24. The number of hydrogen-bond donors (Lipinski definition) is 1. The number of aromatic nitrogens is 3. The first-order chi connectivity index (χ1) is 18.3. The predicted octanol–water partition coefficient (Wildman–Crippen LogP) is 4.38. The third-order valence-corrected chi connectivity index (χ3v) is 7.10. The van der Waals surface area contributed by atoms with Crippen LogP contribution in [0.3, 0.4) is 0 Å². The number of rotatable bonds is 7. The molecule has 1 amide bonds. The number of halogens is 1. The third kappa shape index (κ3) is 5.58. The molecule has 0 radical (unpaired) electrons. The Morgan fingerprint density at radius 1 is 1.08 bits per heavy atom. The molecule has 1 fully saturated rings. The van der Waals surface area contributed by atoms with Gasteiger partial charge in [0.25, 0.3) is 0 Å². The summed E-state index contributed by atoms with van der Waals surface area (Å²) >= 11 is 6.21. The second kappa shape index (κ2) is 11.0. The number of nitrogens with one attached hydrogen (secondary N) is 1. The van der Waals surface area contributed by atoms with E-state index in [4.69, 9.17) is 26.1 Å². The summed E-state index contributed by atoms with van der Waals surface area (Å²) in [6.45, 7) is 7.91. The summed E-state index contributed by atoms with van der Waals surface area (Å²) in [7, 11) is 3.58. The SMILES string of the molecule is Cc1noc(C)c1-c1ccc2nc(N3CCN(CC(=O)N(C)C)CC3)nc(NCc3cccc(Cl)c3)c2c1. The number of anilines is 2. The molecule has 0 bridgehead atoms. The number of piperazine rings is 1. The van der Waals surface area contributed by atoms with Crippen LogP contribution in [0.4, 0.5) is 11.8 Å². The van der Waals surface area contributed by atoms with Gasteiger partial charge in [-0.2, -0.15) is 4.98 Å². The number of likely N-dealkylation sites (N-methyl/N-ethyl adjacent to an activating group) is 1. The third-order valence-electron chi connectivity index (χ3n) is 6.87. The zero-order valence-electron chi connectivity index (χ0n) is 22.2. The van der Waals surface area contributed by atoms with Gasteiger partial charge in [-0.15, -0.1) is 0 Å². The van der Waals surface area contributed by atoms with Crippen molar-refractivity contribution < 1.29 is 9.32 Å². The van der Waals surface area contributed by atoms with Crippen molar-refractivity contribution in [2.75, 3.05) is 57.0 Å². The van der Waals surface area contributed by atoms with Crippen molar-refractivity contribution in [2.24, 2.45) is 0 Å². The van der Waals surface area contributed by atoms with Gasteiger partial charge in [0.2, 0.25) is 11.9 Å². The summed E-state index contributed by atoms with van der Waals surface area (Å²) in [4.78, 5) is 28.0. The fourth-order valence-corrected chi connectivity index (χ4v) is 4.93. The normalized spacial score (nSPS) is 14.2. The smallest absolute Gasteiger partial charge is 0.236 e. The molecular formula is C28H32ClN7O2. The molecule has 1 N–H and O–H groups in total. The fraction of sp³-hybridized carbons (Fsp3) is 0.357. The Kier molecular flexibility index (Phi) is 7.49. The van der Waals surface area contributed by atoms with Gasteiger partial charge < -0.3 is 19.6 Å². The maximum absolute atomic E-state index is 12.1. The van der Waals surface area contributed by atoms with Crippen molar-refractivity contribution >= 4 is 40.2 Å². The highest BCUT2D eigenvalue weighted by Crippen LogP contribution is 2.32. The number of hydrogen-bond acceptors (Lipinski definition) is 8. The van der Waals surface area contributed by atoms with E-state index in [0.29, 0.717) is 24.1 Å². The molecule has 3 heterocycles. The van der Waals surface area contributed by atoms with Crippen molar-refractivity contribution in [1.82, 2.24) is 24.9 Å². The Balaban J connectivity index is 1.45. The average molecular weight is 534 g/mol. The van der Waals surface area contributed by atoms with E-state index >= 15 is 0 Å². The van der Waals surface area contributed by atoms with Crippen molar-refractivity contribution in [3.8, 4) is 11.1 Å². The number of carbonyl (C=O) groups excluding carboxylic acids is 1. The van der Waals surface area contributed by atoms with Gasteiger partial charge in [0.1, 0.15) is 11.6 Å². The standard InChI is InChI=1S/C28H32ClN7O2/c1-18-26(19(2)38-33-18)21-8-9-24-23(15-21)27(30-16-20-6-5-7-22(29)14-20)32-28(31-24)36-12-10-35(11-13-36)17-25(37)34(3)4/h5-9,14-15H,10-13,16-17H2,1-4H3,(H,30,31,32). The molecule has 1 aliphatic rings. The number of fused-ring (bicyclic) bond motifs is 1. The lowest BCUT2D eigenvalue weighted by molar-refractivity contribution is -0.129. The van der Waals surface area contributed by atoms with E-state index in [1.165, 1.54) is 0 Å². The van der Waals surface area contributed by atoms with Crippen molar-refractivity contribution in [1.29, 1.82) is 0 Å². The molecule has 10 heteroatoms. The van der Waals surface area contributed by atoms with Crippen molar-refractivity contribution in [3.63, 3.8) is 0 Å². The molecule has 198 valence electrons. The summed E-state index contributed by atoms with van der Waals surface area (Å²) in [6, 6.07) is 14.0. The highest BCUT2D eigenvalue weighted by atomic mass is 35.5. The lowest BCUT2D eigenvalue weighted by Gasteiger charge is -2.35. The summed E-state index contributed by atoms with van der Waals surface area (Å²) in [5, 5.41) is 9.26. The molecule has 5 rings (SSSR count). The highest BCUT2D eigenvalue weighted by molar-refractivity contribution is 6.30. The predicted molar refractivity (Wildman–Crippen MR) is 151 cm³/mol. The lowest BCUT2D eigenvalue weighted by atomic mass is 10.0. The number of nitrogens with zero attached hydrogens (tertiary/aromatic N) is 6. The number of aryl methyl sites for hydroxylation is 2. The topological polar surface area (TPSA) is 90.6 Å². The van der Waals surface area contributed by atoms with E-state index < -0.39 is 0 Å². The molecule has 1 aliphatic heterocycles. The van der Waals surface area contributed by atoms with Crippen LogP contribution in [-0.4, -0.2) is 77.7 Å². The Morgan fingerprint density at radius 2 is 1.87 bits per heavy atom. The van der Waals surface area contributed by atoms with Crippen LogP contribution in [0, 0.1) is 13.8 Å². The van der Waals surface area contributed by atoms with Gasteiger partial charge in [0.15, 0.2) is 0 Å². The van der Waals surface area contributed by atoms with Gasteiger partial charge >= 0.3 is 0 Å². The second-order valence-electron chi connectivity index (χ2n) is 9.84. The van der Waals surface area contributed by atoms with E-state index in [1.807, 2.05) is 44.2 Å². The Labute approximate surface area is 227 Å². The molecule has 0 saturated carbocycles. The van der Waals surface area contributed by atoms with E-state index in [0.717, 1.165) is 71.0 Å². The Hall–Kier alpha value is -3.69. The van der Waals surface area contributed by atoms with Gasteiger partial charge in [0.05, 0.1) is 17.8 Å². The van der Waals surface area contributed by atoms with Crippen LogP contribution in [-0.2, 0) is 11.3 Å². The minimum Gasteiger partial charge on any atom is -0.365 e. The molecule has 38 heavy (non-hydrogen) atoms. The van der Waals surface area contributed by atoms with Crippen molar-refractivity contribution in [2.45, 2.75) is 20.4 Å². The van der Waals surface area contributed by atoms with E-state index in [2.05, 4.69) is 32.4 Å². The quantitative estimate of drug-likeness (QED) is 0.374. The molecule has 2 aromatic carbocycles. The minimum absolute atomic E-state index is 0.113. The van der Waals surface area contributed by atoms with Gasteiger partial charge in [-0.25, -0.2) is 4.98 Å². The van der Waals surface area contributed by atoms with Crippen LogP contribution in [0.15, 0.2) is 47.0 Å². The van der Waals surface area contributed by atoms with E-state index in [9.17, 15) is 4.79 Å². The Bertz CT molecular complexity index is 1440. The summed E-state index contributed by atoms with van der Waals surface area (Å²) in [6.07, 6.45) is 0. The van der Waals surface area contributed by atoms with Gasteiger partial charge in [-0.05, 0) is 49.2 Å². The molecule has 0 aliphatic carbocycles. The number of carbonyl (C=O) groups is 1. The maximum Gasteiger partial charge on any atom is 0.236 e. The molecule has 0 atom stereocenters.